The Morgan fingerprint density at radius 1 is 0.852 bits per heavy atom. The molecule has 4 aromatic rings. The summed E-state index contributed by atoms with van der Waals surface area (Å²) < 4.78 is 58.3. The predicted molar refractivity (Wildman–Crippen MR) is 234 cm³/mol. The number of nitrogen functional groups attached to an aromatic ring is 2. The zero-order valence-corrected chi connectivity index (χ0v) is 40.5. The van der Waals surface area contributed by atoms with Crippen LogP contribution in [-0.4, -0.2) is 103 Å². The molecule has 0 amide bonds. The Balaban J connectivity index is 1.16. The van der Waals surface area contributed by atoms with Crippen molar-refractivity contribution in [3.05, 3.63) is 29.3 Å². The van der Waals surface area contributed by atoms with Crippen molar-refractivity contribution in [1.29, 1.82) is 0 Å². The Kier molecular flexibility index (Phi) is 9.86. The largest absolute Gasteiger partial charge is 0.472 e. The quantitative estimate of drug-likeness (QED) is 0.123. The Morgan fingerprint density at radius 3 is 2.11 bits per heavy atom. The van der Waals surface area contributed by atoms with Gasteiger partial charge in [-0.25, -0.2) is 24.5 Å². The fourth-order valence-corrected chi connectivity index (χ4v) is 14.7. The molecule has 2 bridgehead atoms. The van der Waals surface area contributed by atoms with Crippen molar-refractivity contribution in [1.82, 2.24) is 39.0 Å². The van der Waals surface area contributed by atoms with E-state index < -0.39 is 84.1 Å². The van der Waals surface area contributed by atoms with Crippen LogP contribution in [0.1, 0.15) is 66.5 Å². The van der Waals surface area contributed by atoms with Crippen LogP contribution in [0.2, 0.25) is 36.3 Å². The lowest BCUT2D eigenvalue weighted by Gasteiger charge is -2.43. The molecular formula is C36H56N10O10P2SSi2. The molecule has 4 aliphatic carbocycles. The van der Waals surface area contributed by atoms with Crippen LogP contribution < -0.4 is 17.0 Å². The van der Waals surface area contributed by atoms with Crippen molar-refractivity contribution >= 4 is 77.1 Å². The van der Waals surface area contributed by atoms with Gasteiger partial charge in [0, 0.05) is 10.8 Å². The first kappa shape index (κ1) is 43.7. The van der Waals surface area contributed by atoms with E-state index in [1.165, 1.54) is 12.7 Å². The molecule has 5 heterocycles. The summed E-state index contributed by atoms with van der Waals surface area (Å²) in [5, 5.41) is -0.522. The van der Waals surface area contributed by atoms with E-state index in [2.05, 4.69) is 97.6 Å². The van der Waals surface area contributed by atoms with Gasteiger partial charge in [0.05, 0.1) is 50.2 Å². The first-order valence-corrected chi connectivity index (χ1v) is 30.3. The second kappa shape index (κ2) is 13.8. The van der Waals surface area contributed by atoms with Crippen LogP contribution in [0.5, 0.6) is 0 Å². The maximum atomic E-state index is 14.6. The summed E-state index contributed by atoms with van der Waals surface area (Å²) >= 11 is 5.92. The summed E-state index contributed by atoms with van der Waals surface area (Å²) in [5.41, 5.74) is 10.9. The average molecular weight is 939 g/mol. The van der Waals surface area contributed by atoms with Crippen molar-refractivity contribution in [2.45, 2.75) is 127 Å². The molecule has 4 aromatic heterocycles. The van der Waals surface area contributed by atoms with Crippen molar-refractivity contribution < 1.29 is 41.3 Å². The summed E-state index contributed by atoms with van der Waals surface area (Å²) in [6.45, 7) is 16.5. The van der Waals surface area contributed by atoms with Crippen LogP contribution in [0.15, 0.2) is 23.8 Å². The van der Waals surface area contributed by atoms with E-state index in [1.54, 1.807) is 10.9 Å². The summed E-state index contributed by atoms with van der Waals surface area (Å²) in [7, 11) is -10.2. The Hall–Kier alpha value is -2.51. The van der Waals surface area contributed by atoms with Crippen LogP contribution in [-0.2, 0) is 43.3 Å². The van der Waals surface area contributed by atoms with Crippen molar-refractivity contribution in [3.8, 4) is 0 Å². The molecule has 1 saturated heterocycles. The van der Waals surface area contributed by atoms with E-state index in [4.69, 9.17) is 50.2 Å². The molecule has 12 atom stereocenters. The number of rotatable bonds is 6. The number of hydrogen-bond acceptors (Lipinski definition) is 16. The maximum Gasteiger partial charge on any atom is 0.472 e. The third-order valence-electron chi connectivity index (χ3n) is 15.0. The van der Waals surface area contributed by atoms with Crippen LogP contribution in [0, 0.1) is 22.7 Å². The Labute approximate surface area is 360 Å². The van der Waals surface area contributed by atoms with Crippen LogP contribution in [0.4, 0.5) is 11.8 Å². The van der Waals surface area contributed by atoms with Gasteiger partial charge in [0.1, 0.15) is 24.1 Å². The third-order valence-corrected chi connectivity index (χ3v) is 26.4. The predicted octanol–water partition coefficient (Wildman–Crippen LogP) is 5.16. The minimum atomic E-state index is -4.96. The minimum absolute atomic E-state index is 0.0382. The molecule has 334 valence electrons. The van der Waals surface area contributed by atoms with E-state index in [1.807, 2.05) is 4.57 Å². The summed E-state index contributed by atoms with van der Waals surface area (Å²) in [4.78, 5) is 61.6. The molecule has 25 heteroatoms. The third kappa shape index (κ3) is 6.96. The monoisotopic (exact) mass is 938 g/mol. The van der Waals surface area contributed by atoms with Crippen LogP contribution >= 0.6 is 14.5 Å². The zero-order chi connectivity index (χ0) is 44.2. The number of imidazole rings is 2. The molecule has 7 N–H and O–H groups in total. The van der Waals surface area contributed by atoms with Gasteiger partial charge in [-0.2, -0.15) is 4.98 Å². The van der Waals surface area contributed by atoms with Gasteiger partial charge in [-0.3, -0.25) is 18.8 Å². The number of nitrogens with two attached hydrogens (primary N) is 2. The summed E-state index contributed by atoms with van der Waals surface area (Å²) in [5.74, 6) is -0.523. The number of nitrogens with one attached hydrogen (secondary N) is 1. The first-order chi connectivity index (χ1) is 28.1. The molecule has 61 heavy (non-hydrogen) atoms. The minimum Gasteiger partial charge on any atom is -0.411 e. The topological polar surface area (TPSA) is 272 Å². The lowest BCUT2D eigenvalue weighted by molar-refractivity contribution is -0.0255. The molecule has 0 radical (unpaired) electrons. The highest BCUT2D eigenvalue weighted by molar-refractivity contribution is 8.07. The fourth-order valence-electron chi connectivity index (χ4n) is 9.57. The molecule has 5 fully saturated rings. The molecule has 9 rings (SSSR count). The number of aromatic nitrogens is 8. The summed E-state index contributed by atoms with van der Waals surface area (Å²) in [6, 6.07) is -1.24. The second-order valence-corrected chi connectivity index (χ2v) is 34.4. The Bertz CT molecular complexity index is 2600. The van der Waals surface area contributed by atoms with E-state index in [0.717, 1.165) is 0 Å². The molecule has 2 spiro atoms. The number of phosphoric acid groups is 1. The number of hydrogen-bond donors (Lipinski definition) is 5. The summed E-state index contributed by atoms with van der Waals surface area (Å²) in [6.07, 6.45) is 1.72. The van der Waals surface area contributed by atoms with E-state index in [0.29, 0.717) is 24.0 Å². The number of anilines is 2. The zero-order valence-electron chi connectivity index (χ0n) is 35.9. The van der Waals surface area contributed by atoms with Gasteiger partial charge >= 0.3 is 14.5 Å². The number of nitrogens with zero attached hydrogens (tertiary/aromatic N) is 7. The maximum absolute atomic E-state index is 14.6. The molecular weight excluding hydrogens is 883 g/mol. The normalized spacial score (nSPS) is 38.0. The molecule has 5 aliphatic rings. The van der Waals surface area contributed by atoms with Gasteiger partial charge in [0.25, 0.3) is 5.56 Å². The van der Waals surface area contributed by atoms with Crippen molar-refractivity contribution in [2.75, 3.05) is 24.7 Å². The highest BCUT2D eigenvalue weighted by Crippen LogP contribution is 2.76. The van der Waals surface area contributed by atoms with E-state index in [9.17, 15) is 19.1 Å². The highest BCUT2D eigenvalue weighted by Gasteiger charge is 2.77. The number of aromatic amines is 1. The lowest BCUT2D eigenvalue weighted by Crippen LogP contribution is -2.50. The number of H-pyrrole nitrogens is 1. The van der Waals surface area contributed by atoms with E-state index in [-0.39, 0.29) is 58.1 Å². The molecule has 4 saturated carbocycles. The SMILES string of the molecule is CC(C)(C)[Si](C)(C)OC1[C@H](n2cnc3c(N)ncnc32)[C@H]2C[C@]23COP(=O)(O)O[C@@H]2C(O[Si](C)(C)C(C)(C)C)[C@]4(COP(O)(=S)O[C@@H]13)C[C@@H]4[C@H]2n1cnc2c(=O)[nH]c(N)nc21. The fraction of sp³-hybridized carbons (Fsp3) is 0.722. The Morgan fingerprint density at radius 2 is 1.44 bits per heavy atom. The van der Waals surface area contributed by atoms with E-state index >= 15 is 0 Å². The van der Waals surface area contributed by atoms with Gasteiger partial charge in [0.2, 0.25) is 5.95 Å². The molecule has 4 unspecified atom stereocenters. The molecule has 20 nitrogen and oxygen atoms in total. The van der Waals surface area contributed by atoms with Gasteiger partial charge in [0.15, 0.2) is 39.3 Å². The van der Waals surface area contributed by atoms with Gasteiger partial charge in [-0.05, 0) is 72.7 Å². The molecule has 0 aromatic carbocycles. The average Bonchev–Trinajstić information content (AvgIpc) is 3.82. The van der Waals surface area contributed by atoms with Gasteiger partial charge in [-0.15, -0.1) is 0 Å². The van der Waals surface area contributed by atoms with Gasteiger partial charge in [-0.1, -0.05) is 41.5 Å². The van der Waals surface area contributed by atoms with Crippen molar-refractivity contribution in [3.63, 3.8) is 0 Å². The van der Waals surface area contributed by atoms with Gasteiger partial charge < -0.3 is 48.3 Å². The first-order valence-electron chi connectivity index (χ1n) is 20.4. The number of phosphoric ester groups is 1. The number of fused-ring (bicyclic) bond motifs is 3. The highest BCUT2D eigenvalue weighted by atomic mass is 32.5. The van der Waals surface area contributed by atoms with Crippen LogP contribution in [0.3, 0.4) is 0 Å². The van der Waals surface area contributed by atoms with Crippen molar-refractivity contribution in [2.24, 2.45) is 22.7 Å². The molecule has 1 aliphatic heterocycles. The second-order valence-electron chi connectivity index (χ2n) is 20.6. The lowest BCUT2D eigenvalue weighted by atomic mass is 10.0. The van der Waals surface area contributed by atoms with Crippen LogP contribution in [0.25, 0.3) is 22.3 Å². The smallest absolute Gasteiger partial charge is 0.411 e. The standard InChI is InChI=1S/C36H56N10O10P2SSi2/c1-33(2,3)60(7,8)55-25-23(45-16-41-20-28(37)39-15-40-29(20)45)19-11-35(19)13-51-57(48,49)53-24-22(46-17-42-21-30(46)43-32(38)44-31(21)47)18-12-36(18,14-52-58(50,59)54-26(25)35)27(24)56-61(9,10)34(4,5)6/h15-19,22-27H,11-14H2,1-10H3,(H,48,49)(H,50,59)(H2,37,39,40)(H3,38,43,44,47)/t18-,19-,22-,23-,24+,25?,26+,27?,35+,36+,58?/m1/s1.